The first-order chi connectivity index (χ1) is 13.2. The minimum absolute atomic E-state index is 0.184. The summed E-state index contributed by atoms with van der Waals surface area (Å²) in [6, 6.07) is 10.0. The summed E-state index contributed by atoms with van der Waals surface area (Å²) in [6.07, 6.45) is 8.53. The van der Waals surface area contributed by atoms with Crippen LogP contribution in [0.4, 0.5) is 4.39 Å². The van der Waals surface area contributed by atoms with Crippen molar-refractivity contribution in [3.05, 3.63) is 83.5 Å². The van der Waals surface area contributed by atoms with E-state index >= 15 is 0 Å². The van der Waals surface area contributed by atoms with Crippen LogP contribution in [-0.2, 0) is 6.54 Å². The monoisotopic (exact) mass is 362 g/mol. The number of rotatable bonds is 5. The predicted molar refractivity (Wildman–Crippen MR) is 99.1 cm³/mol. The molecule has 134 valence electrons. The van der Waals surface area contributed by atoms with Crippen LogP contribution in [0, 0.1) is 5.82 Å². The molecule has 6 nitrogen and oxygen atoms in total. The maximum atomic E-state index is 14.4. The highest BCUT2D eigenvalue weighted by molar-refractivity contribution is 6.00. The number of halogens is 1. The molecule has 0 spiro atoms. The Labute approximate surface area is 153 Å². The van der Waals surface area contributed by atoms with Crippen LogP contribution >= 0.6 is 0 Å². The van der Waals surface area contributed by atoms with Gasteiger partial charge >= 0.3 is 0 Å². The molecule has 3 heterocycles. The Morgan fingerprint density at radius 1 is 1.26 bits per heavy atom. The van der Waals surface area contributed by atoms with Gasteiger partial charge in [0, 0.05) is 23.3 Å². The number of amides is 1. The largest absolute Gasteiger partial charge is 0.467 e. The Kier molecular flexibility index (Phi) is 4.49. The van der Waals surface area contributed by atoms with Gasteiger partial charge in [-0.2, -0.15) is 5.10 Å². The Bertz CT molecular complexity index is 1100. The van der Waals surface area contributed by atoms with Gasteiger partial charge in [0.2, 0.25) is 0 Å². The lowest BCUT2D eigenvalue weighted by molar-refractivity contribution is 0.0948. The molecule has 3 aromatic heterocycles. The second-order valence-corrected chi connectivity index (χ2v) is 5.87. The van der Waals surface area contributed by atoms with Crippen molar-refractivity contribution in [3.63, 3.8) is 0 Å². The van der Waals surface area contributed by atoms with E-state index in [1.165, 1.54) is 12.3 Å². The highest BCUT2D eigenvalue weighted by atomic mass is 19.1. The van der Waals surface area contributed by atoms with Gasteiger partial charge in [-0.25, -0.2) is 4.39 Å². The SMILES string of the molecule is O=C(NCc1ccco1)c1cc(F)c2n[nH]c(C=Cc3cccnc3)c2c1. The molecule has 0 fully saturated rings. The van der Waals surface area contributed by atoms with Crippen LogP contribution in [0.15, 0.2) is 59.5 Å². The minimum atomic E-state index is -0.562. The fraction of sp³-hybridized carbons (Fsp3) is 0.0500. The van der Waals surface area contributed by atoms with E-state index in [0.717, 1.165) is 5.56 Å². The number of nitrogens with one attached hydrogen (secondary N) is 2. The Morgan fingerprint density at radius 3 is 2.96 bits per heavy atom. The van der Waals surface area contributed by atoms with Gasteiger partial charge in [0.15, 0.2) is 5.82 Å². The molecule has 4 rings (SSSR count). The van der Waals surface area contributed by atoms with Crippen molar-refractivity contribution in [1.29, 1.82) is 0 Å². The molecule has 0 aliphatic rings. The lowest BCUT2D eigenvalue weighted by Crippen LogP contribution is -2.22. The Balaban J connectivity index is 1.61. The molecule has 0 saturated carbocycles. The first-order valence-electron chi connectivity index (χ1n) is 8.27. The highest BCUT2D eigenvalue weighted by Gasteiger charge is 2.14. The van der Waals surface area contributed by atoms with Crippen molar-refractivity contribution >= 4 is 29.0 Å². The van der Waals surface area contributed by atoms with Gasteiger partial charge in [-0.15, -0.1) is 0 Å². The van der Waals surface area contributed by atoms with Gasteiger partial charge in [0.25, 0.3) is 5.91 Å². The molecule has 0 saturated heterocycles. The van der Waals surface area contributed by atoms with Crippen molar-refractivity contribution in [2.75, 3.05) is 0 Å². The zero-order chi connectivity index (χ0) is 18.6. The fourth-order valence-electron chi connectivity index (χ4n) is 2.69. The van der Waals surface area contributed by atoms with Crippen LogP contribution < -0.4 is 5.32 Å². The number of pyridine rings is 1. The third-order valence-corrected chi connectivity index (χ3v) is 4.03. The first kappa shape index (κ1) is 16.7. The van der Waals surface area contributed by atoms with Crippen molar-refractivity contribution in [3.8, 4) is 0 Å². The molecule has 0 radical (unpaired) electrons. The first-order valence-corrected chi connectivity index (χ1v) is 8.27. The zero-order valence-electron chi connectivity index (χ0n) is 14.1. The lowest BCUT2D eigenvalue weighted by Gasteiger charge is -2.04. The molecule has 2 N–H and O–H groups in total. The second kappa shape index (κ2) is 7.25. The van der Waals surface area contributed by atoms with Crippen LogP contribution in [0.5, 0.6) is 0 Å². The average Bonchev–Trinajstić information content (AvgIpc) is 3.35. The van der Waals surface area contributed by atoms with Gasteiger partial charge in [-0.3, -0.25) is 14.9 Å². The number of aromatic nitrogens is 3. The number of aromatic amines is 1. The van der Waals surface area contributed by atoms with Gasteiger partial charge < -0.3 is 9.73 Å². The molecule has 0 atom stereocenters. The lowest BCUT2D eigenvalue weighted by atomic mass is 10.1. The van der Waals surface area contributed by atoms with E-state index < -0.39 is 11.7 Å². The number of nitrogens with zero attached hydrogens (tertiary/aromatic N) is 2. The van der Waals surface area contributed by atoms with Crippen LogP contribution in [0.3, 0.4) is 0 Å². The van der Waals surface area contributed by atoms with Crippen LogP contribution in [0.25, 0.3) is 23.1 Å². The van der Waals surface area contributed by atoms with Crippen LogP contribution in [-0.4, -0.2) is 21.1 Å². The molecule has 0 aliphatic heterocycles. The smallest absolute Gasteiger partial charge is 0.251 e. The minimum Gasteiger partial charge on any atom is -0.467 e. The normalized spacial score (nSPS) is 11.3. The number of benzene rings is 1. The molecule has 0 bridgehead atoms. The van der Waals surface area contributed by atoms with Gasteiger partial charge in [-0.1, -0.05) is 12.1 Å². The highest BCUT2D eigenvalue weighted by Crippen LogP contribution is 2.23. The van der Waals surface area contributed by atoms with E-state index in [4.69, 9.17) is 4.42 Å². The predicted octanol–water partition coefficient (Wildman–Crippen LogP) is 3.79. The summed E-state index contributed by atoms with van der Waals surface area (Å²) < 4.78 is 19.6. The molecule has 1 aromatic carbocycles. The van der Waals surface area contributed by atoms with Crippen molar-refractivity contribution < 1.29 is 13.6 Å². The van der Waals surface area contributed by atoms with Crippen molar-refractivity contribution in [1.82, 2.24) is 20.5 Å². The number of fused-ring (bicyclic) bond motifs is 1. The van der Waals surface area contributed by atoms with E-state index in [1.807, 2.05) is 18.2 Å². The summed E-state index contributed by atoms with van der Waals surface area (Å²) >= 11 is 0. The summed E-state index contributed by atoms with van der Waals surface area (Å²) in [7, 11) is 0. The number of carbonyl (C=O) groups is 1. The third kappa shape index (κ3) is 3.62. The van der Waals surface area contributed by atoms with Crippen LogP contribution in [0.2, 0.25) is 0 Å². The second-order valence-electron chi connectivity index (χ2n) is 5.87. The summed E-state index contributed by atoms with van der Waals surface area (Å²) in [5.41, 5.74) is 1.90. The molecule has 7 heteroatoms. The number of hydrogen-bond acceptors (Lipinski definition) is 4. The topological polar surface area (TPSA) is 83.8 Å². The fourth-order valence-corrected chi connectivity index (χ4v) is 2.69. The number of carbonyl (C=O) groups excluding carboxylic acids is 1. The maximum Gasteiger partial charge on any atom is 0.251 e. The van der Waals surface area contributed by atoms with E-state index in [-0.39, 0.29) is 17.6 Å². The summed E-state index contributed by atoms with van der Waals surface area (Å²) in [4.78, 5) is 16.4. The van der Waals surface area contributed by atoms with Gasteiger partial charge in [0.05, 0.1) is 18.5 Å². The zero-order valence-corrected chi connectivity index (χ0v) is 14.1. The van der Waals surface area contributed by atoms with Gasteiger partial charge in [-0.05, 0) is 42.0 Å². The summed E-state index contributed by atoms with van der Waals surface area (Å²) in [5.74, 6) is -0.336. The summed E-state index contributed by atoms with van der Waals surface area (Å²) in [5, 5.41) is 10.0. The van der Waals surface area contributed by atoms with Crippen molar-refractivity contribution in [2.24, 2.45) is 0 Å². The van der Waals surface area contributed by atoms with Crippen LogP contribution in [0.1, 0.15) is 27.4 Å². The average molecular weight is 362 g/mol. The molecular weight excluding hydrogens is 347 g/mol. The van der Waals surface area contributed by atoms with E-state index in [2.05, 4.69) is 20.5 Å². The molecular formula is C20H15FN4O2. The number of hydrogen-bond donors (Lipinski definition) is 2. The quantitative estimate of drug-likeness (QED) is 0.566. The van der Waals surface area contributed by atoms with E-state index in [0.29, 0.717) is 16.8 Å². The van der Waals surface area contributed by atoms with E-state index in [9.17, 15) is 9.18 Å². The molecule has 1 amide bonds. The Morgan fingerprint density at radius 2 is 2.19 bits per heavy atom. The Hall–Kier alpha value is -3.74. The molecule has 4 aromatic rings. The maximum absolute atomic E-state index is 14.4. The number of furan rings is 1. The van der Waals surface area contributed by atoms with Gasteiger partial charge in [0.1, 0.15) is 11.3 Å². The third-order valence-electron chi connectivity index (χ3n) is 4.03. The number of H-pyrrole nitrogens is 1. The standard InChI is InChI=1S/C20H15FN4O2/c21-17-10-14(20(26)23-12-15-4-2-8-27-15)9-16-18(24-25-19(16)17)6-5-13-3-1-7-22-11-13/h1-11H,12H2,(H,23,26)(H,24,25). The molecule has 0 aliphatic carbocycles. The molecule has 27 heavy (non-hydrogen) atoms. The van der Waals surface area contributed by atoms with Crippen molar-refractivity contribution in [2.45, 2.75) is 6.54 Å². The summed E-state index contributed by atoms with van der Waals surface area (Å²) in [6.45, 7) is 0.227. The molecule has 0 unspecified atom stereocenters. The van der Waals surface area contributed by atoms with E-state index in [1.54, 1.807) is 36.7 Å².